The van der Waals surface area contributed by atoms with E-state index in [1.165, 1.54) is 0 Å². The minimum Gasteiger partial charge on any atom is -0.496 e. The molecular weight excluding hydrogens is 354 g/mol. The van der Waals surface area contributed by atoms with Crippen molar-refractivity contribution in [3.63, 3.8) is 0 Å². The number of ether oxygens (including phenoxy) is 3. The molecule has 1 amide bonds. The number of carbonyl (C=O) groups excluding carboxylic acids is 1. The van der Waals surface area contributed by atoms with Gasteiger partial charge in [0.2, 0.25) is 5.91 Å². The number of anilines is 1. The molecule has 0 saturated heterocycles. The minimum atomic E-state index is -0.250. The van der Waals surface area contributed by atoms with Gasteiger partial charge < -0.3 is 24.6 Å². The molecule has 9 nitrogen and oxygen atoms in total. The Hall–Kier alpha value is -3.23. The first kappa shape index (κ1) is 20.1. The van der Waals surface area contributed by atoms with Gasteiger partial charge >= 0.3 is 0 Å². The molecule has 0 radical (unpaired) electrons. The first-order valence-corrected chi connectivity index (χ1v) is 8.27. The number of aryl methyl sites for hydroxylation is 1. The second-order valence-corrected chi connectivity index (χ2v) is 5.62. The van der Waals surface area contributed by atoms with Crippen LogP contribution in [0.5, 0.6) is 17.2 Å². The van der Waals surface area contributed by atoms with E-state index in [0.29, 0.717) is 30.2 Å². The van der Waals surface area contributed by atoms with Crippen LogP contribution in [-0.4, -0.2) is 48.6 Å². The van der Waals surface area contributed by atoms with Gasteiger partial charge in [0.25, 0.3) is 6.47 Å². The Kier molecular flexibility index (Phi) is 6.64. The van der Waals surface area contributed by atoms with Gasteiger partial charge in [0, 0.05) is 36.1 Å². The second kappa shape index (κ2) is 8.93. The van der Waals surface area contributed by atoms with Crippen molar-refractivity contribution in [1.82, 2.24) is 9.78 Å². The van der Waals surface area contributed by atoms with Crippen molar-refractivity contribution >= 4 is 18.2 Å². The van der Waals surface area contributed by atoms with Crippen molar-refractivity contribution in [2.24, 2.45) is 0 Å². The molecule has 0 bridgehead atoms. The van der Waals surface area contributed by atoms with E-state index in [4.69, 9.17) is 24.1 Å². The quantitative estimate of drug-likeness (QED) is 0.768. The molecule has 1 aromatic heterocycles. The Balaban J connectivity index is 0.000000817. The summed E-state index contributed by atoms with van der Waals surface area (Å²) < 4.78 is 18.1. The first-order valence-electron chi connectivity index (χ1n) is 8.27. The maximum Gasteiger partial charge on any atom is 0.290 e. The number of nitrogens with one attached hydrogen (secondary N) is 1. The third kappa shape index (κ3) is 3.97. The minimum absolute atomic E-state index is 0.0421. The van der Waals surface area contributed by atoms with Crippen molar-refractivity contribution in [2.75, 3.05) is 26.6 Å². The molecule has 2 N–H and O–H groups in total. The van der Waals surface area contributed by atoms with Crippen LogP contribution in [0.15, 0.2) is 18.3 Å². The average molecular weight is 377 g/mol. The maximum atomic E-state index is 12.2. The van der Waals surface area contributed by atoms with Crippen LogP contribution in [0.4, 0.5) is 5.82 Å². The number of methoxy groups -OCH3 is 3. The number of fused-ring (bicyclic) bond motifs is 1. The van der Waals surface area contributed by atoms with Gasteiger partial charge in [0.05, 0.1) is 27.5 Å². The Morgan fingerprint density at radius 3 is 2.33 bits per heavy atom. The predicted molar refractivity (Wildman–Crippen MR) is 97.8 cm³/mol. The van der Waals surface area contributed by atoms with Gasteiger partial charge in [-0.15, -0.1) is 0 Å². The van der Waals surface area contributed by atoms with E-state index < -0.39 is 0 Å². The van der Waals surface area contributed by atoms with Crippen LogP contribution >= 0.6 is 0 Å². The zero-order valence-electron chi connectivity index (χ0n) is 15.7. The Bertz CT molecular complexity index is 818. The third-order valence-corrected chi connectivity index (χ3v) is 4.30. The van der Waals surface area contributed by atoms with Gasteiger partial charge in [-0.25, -0.2) is 4.68 Å². The van der Waals surface area contributed by atoms with Crippen LogP contribution in [0, 0.1) is 0 Å². The average Bonchev–Trinajstić information content (AvgIpc) is 3.09. The van der Waals surface area contributed by atoms with Gasteiger partial charge in [-0.1, -0.05) is 0 Å². The molecule has 0 aliphatic carbocycles. The normalized spacial score (nSPS) is 15.0. The van der Waals surface area contributed by atoms with E-state index in [1.807, 2.05) is 13.0 Å². The van der Waals surface area contributed by atoms with E-state index in [-0.39, 0.29) is 18.3 Å². The molecule has 1 aliphatic rings. The van der Waals surface area contributed by atoms with Crippen molar-refractivity contribution < 1.29 is 28.9 Å². The van der Waals surface area contributed by atoms with Gasteiger partial charge in [0.1, 0.15) is 11.6 Å². The Morgan fingerprint density at radius 1 is 1.19 bits per heavy atom. The highest BCUT2D eigenvalue weighted by molar-refractivity contribution is 5.94. The highest BCUT2D eigenvalue weighted by Crippen LogP contribution is 2.44. The SMILES string of the molecule is CCn1ncc2c1NC(=O)CC2c1cc(OC)c(OC)cc1OC.O=CO. The number of carboxylic acid groups (broad SMARTS) is 1. The summed E-state index contributed by atoms with van der Waals surface area (Å²) in [5, 5.41) is 14.2. The zero-order chi connectivity index (χ0) is 20.0. The molecular formula is C18H23N3O6. The number of hydrogen-bond acceptors (Lipinski definition) is 6. The largest absolute Gasteiger partial charge is 0.496 e. The topological polar surface area (TPSA) is 112 Å². The summed E-state index contributed by atoms with van der Waals surface area (Å²) in [7, 11) is 4.76. The molecule has 9 heteroatoms. The lowest BCUT2D eigenvalue weighted by molar-refractivity contribution is -0.123. The fourth-order valence-corrected chi connectivity index (χ4v) is 3.11. The number of rotatable bonds is 5. The highest BCUT2D eigenvalue weighted by atomic mass is 16.5. The van der Waals surface area contributed by atoms with Gasteiger partial charge in [-0.2, -0.15) is 5.10 Å². The van der Waals surface area contributed by atoms with E-state index in [9.17, 15) is 4.79 Å². The summed E-state index contributed by atoms with van der Waals surface area (Å²) in [6, 6.07) is 3.65. The molecule has 0 saturated carbocycles. The van der Waals surface area contributed by atoms with Crippen LogP contribution in [-0.2, 0) is 16.1 Å². The summed E-state index contributed by atoms with van der Waals surface area (Å²) in [6.45, 7) is 2.42. The van der Waals surface area contributed by atoms with Crippen LogP contribution in [0.1, 0.15) is 30.4 Å². The zero-order valence-corrected chi connectivity index (χ0v) is 15.7. The lowest BCUT2D eigenvalue weighted by Gasteiger charge is -2.25. The number of hydrogen-bond donors (Lipinski definition) is 2. The van der Waals surface area contributed by atoms with Gasteiger partial charge in [-0.3, -0.25) is 9.59 Å². The fraction of sp³-hybridized carbons (Fsp3) is 0.389. The van der Waals surface area contributed by atoms with Crippen LogP contribution in [0.3, 0.4) is 0 Å². The molecule has 1 aliphatic heterocycles. The monoisotopic (exact) mass is 377 g/mol. The predicted octanol–water partition coefficient (Wildman–Crippen LogP) is 2.10. The smallest absolute Gasteiger partial charge is 0.290 e. The standard InChI is InChI=1S/C17H21N3O4.CH2O2/c1-5-20-17-12(9-18-20)10(7-16(21)19-17)11-6-14(23-3)15(24-4)8-13(11)22-2;2-1-3/h6,8-10H,5,7H2,1-4H3,(H,19,21);1H,(H,2,3). The summed E-state index contributed by atoms with van der Waals surface area (Å²) in [4.78, 5) is 20.6. The molecule has 1 atom stereocenters. The van der Waals surface area contributed by atoms with E-state index >= 15 is 0 Å². The van der Waals surface area contributed by atoms with Crippen molar-refractivity contribution in [3.05, 3.63) is 29.5 Å². The number of nitrogens with zero attached hydrogens (tertiary/aromatic N) is 2. The lowest BCUT2D eigenvalue weighted by Crippen LogP contribution is -2.25. The van der Waals surface area contributed by atoms with Crippen LogP contribution < -0.4 is 19.5 Å². The van der Waals surface area contributed by atoms with Gasteiger partial charge in [0.15, 0.2) is 11.5 Å². The van der Waals surface area contributed by atoms with E-state index in [2.05, 4.69) is 10.4 Å². The molecule has 0 spiro atoms. The summed E-state index contributed by atoms with van der Waals surface area (Å²) in [6.07, 6.45) is 2.13. The summed E-state index contributed by atoms with van der Waals surface area (Å²) in [5.41, 5.74) is 1.85. The maximum absolute atomic E-state index is 12.2. The molecule has 2 heterocycles. The van der Waals surface area contributed by atoms with E-state index in [1.54, 1.807) is 38.3 Å². The third-order valence-electron chi connectivity index (χ3n) is 4.30. The molecule has 27 heavy (non-hydrogen) atoms. The molecule has 1 unspecified atom stereocenters. The molecule has 0 fully saturated rings. The highest BCUT2D eigenvalue weighted by Gasteiger charge is 2.32. The molecule has 146 valence electrons. The summed E-state index contributed by atoms with van der Waals surface area (Å²) in [5.74, 6) is 2.40. The number of amides is 1. The Labute approximate surface area is 156 Å². The molecule has 1 aromatic carbocycles. The summed E-state index contributed by atoms with van der Waals surface area (Å²) >= 11 is 0. The number of aromatic nitrogens is 2. The Morgan fingerprint density at radius 2 is 1.78 bits per heavy atom. The molecule has 2 aromatic rings. The number of benzene rings is 1. The second-order valence-electron chi connectivity index (χ2n) is 5.62. The van der Waals surface area contributed by atoms with Gasteiger partial charge in [-0.05, 0) is 13.0 Å². The molecule has 3 rings (SSSR count). The van der Waals surface area contributed by atoms with Crippen molar-refractivity contribution in [3.8, 4) is 17.2 Å². The van der Waals surface area contributed by atoms with Crippen LogP contribution in [0.25, 0.3) is 0 Å². The lowest BCUT2D eigenvalue weighted by atomic mass is 9.86. The van der Waals surface area contributed by atoms with E-state index in [0.717, 1.165) is 16.9 Å². The van der Waals surface area contributed by atoms with Crippen LogP contribution in [0.2, 0.25) is 0 Å². The van der Waals surface area contributed by atoms with Crippen molar-refractivity contribution in [1.29, 1.82) is 0 Å². The number of carbonyl (C=O) groups is 2. The van der Waals surface area contributed by atoms with Crippen molar-refractivity contribution in [2.45, 2.75) is 25.8 Å². The first-order chi connectivity index (χ1) is 13.0. The fourth-order valence-electron chi connectivity index (χ4n) is 3.11.